The zero-order valence-corrected chi connectivity index (χ0v) is 19.8. The molecule has 1 aliphatic rings. The average molecular weight is 456 g/mol. The predicted octanol–water partition coefficient (Wildman–Crippen LogP) is 2.26. The van der Waals surface area contributed by atoms with Gasteiger partial charge in [0.05, 0.1) is 6.54 Å². The van der Waals surface area contributed by atoms with Gasteiger partial charge in [-0.05, 0) is 75.5 Å². The normalized spacial score (nSPS) is 15.5. The summed E-state index contributed by atoms with van der Waals surface area (Å²) in [5.41, 5.74) is 8.58. The summed E-state index contributed by atoms with van der Waals surface area (Å²) in [4.78, 5) is 25.4. The SMILES string of the molecule is Cc1nc2nc(CN)nn2c(C)c1CCC(=O)NCC1CCN(CCc2cccs2)CC1. The van der Waals surface area contributed by atoms with Gasteiger partial charge in [-0.3, -0.25) is 4.79 Å². The Morgan fingerprint density at radius 2 is 2.06 bits per heavy atom. The number of nitrogens with one attached hydrogen (secondary N) is 1. The maximum absolute atomic E-state index is 12.5. The van der Waals surface area contributed by atoms with Crippen molar-refractivity contribution in [3.05, 3.63) is 45.2 Å². The Hall–Kier alpha value is -2.36. The largest absolute Gasteiger partial charge is 0.356 e. The molecule has 0 unspecified atom stereocenters. The molecule has 172 valence electrons. The summed E-state index contributed by atoms with van der Waals surface area (Å²) in [6, 6.07) is 4.34. The molecule has 1 aliphatic heterocycles. The molecular weight excluding hydrogens is 422 g/mol. The summed E-state index contributed by atoms with van der Waals surface area (Å²) >= 11 is 1.84. The molecule has 9 heteroatoms. The van der Waals surface area contributed by atoms with Crippen LogP contribution in [0.1, 0.15) is 46.9 Å². The number of nitrogens with zero attached hydrogens (tertiary/aromatic N) is 5. The van der Waals surface area contributed by atoms with Crippen molar-refractivity contribution in [2.24, 2.45) is 11.7 Å². The quantitative estimate of drug-likeness (QED) is 0.513. The topological polar surface area (TPSA) is 101 Å². The molecule has 4 heterocycles. The van der Waals surface area contributed by atoms with Gasteiger partial charge >= 0.3 is 0 Å². The first kappa shape index (κ1) is 22.8. The zero-order chi connectivity index (χ0) is 22.5. The minimum absolute atomic E-state index is 0.102. The lowest BCUT2D eigenvalue weighted by Crippen LogP contribution is -2.39. The van der Waals surface area contributed by atoms with Crippen molar-refractivity contribution in [2.45, 2.75) is 52.5 Å². The van der Waals surface area contributed by atoms with E-state index in [0.717, 1.165) is 62.4 Å². The summed E-state index contributed by atoms with van der Waals surface area (Å²) in [6.07, 6.45) is 4.54. The van der Waals surface area contributed by atoms with Crippen LogP contribution in [0.5, 0.6) is 0 Å². The van der Waals surface area contributed by atoms with Crippen molar-refractivity contribution < 1.29 is 4.79 Å². The van der Waals surface area contributed by atoms with E-state index >= 15 is 0 Å². The molecule has 0 saturated carbocycles. The number of piperidine rings is 1. The number of fused-ring (bicyclic) bond motifs is 1. The Kier molecular flexibility index (Phi) is 7.49. The van der Waals surface area contributed by atoms with Crippen LogP contribution in [0.15, 0.2) is 17.5 Å². The maximum atomic E-state index is 12.5. The molecule has 0 bridgehead atoms. The predicted molar refractivity (Wildman–Crippen MR) is 127 cm³/mol. The third kappa shape index (κ3) is 5.51. The summed E-state index contributed by atoms with van der Waals surface area (Å²) in [7, 11) is 0. The number of nitrogens with two attached hydrogens (primary N) is 1. The maximum Gasteiger partial charge on any atom is 0.252 e. The van der Waals surface area contributed by atoms with Crippen LogP contribution in [0.4, 0.5) is 0 Å². The fraction of sp³-hybridized carbons (Fsp3) is 0.565. The Morgan fingerprint density at radius 3 is 2.78 bits per heavy atom. The van der Waals surface area contributed by atoms with E-state index in [2.05, 4.69) is 42.8 Å². The molecule has 0 atom stereocenters. The average Bonchev–Trinajstić information content (AvgIpc) is 3.46. The Morgan fingerprint density at radius 1 is 1.25 bits per heavy atom. The molecule has 32 heavy (non-hydrogen) atoms. The number of carbonyl (C=O) groups excluding carboxylic acids is 1. The van der Waals surface area contributed by atoms with Crippen LogP contribution in [-0.2, 0) is 24.2 Å². The minimum Gasteiger partial charge on any atom is -0.356 e. The molecular formula is C23H33N7OS. The number of aromatic nitrogens is 4. The van der Waals surface area contributed by atoms with Gasteiger partial charge in [-0.2, -0.15) is 4.98 Å². The van der Waals surface area contributed by atoms with Gasteiger partial charge in [-0.25, -0.2) is 9.50 Å². The third-order valence-corrected chi connectivity index (χ3v) is 7.36. The van der Waals surface area contributed by atoms with E-state index in [1.807, 2.05) is 25.2 Å². The first-order chi connectivity index (χ1) is 15.5. The van der Waals surface area contributed by atoms with E-state index in [9.17, 15) is 4.79 Å². The highest BCUT2D eigenvalue weighted by Gasteiger charge is 2.20. The lowest BCUT2D eigenvalue weighted by molar-refractivity contribution is -0.121. The number of thiophene rings is 1. The number of likely N-dealkylation sites (tertiary alicyclic amines) is 1. The molecule has 1 fully saturated rings. The van der Waals surface area contributed by atoms with Crippen LogP contribution in [0.3, 0.4) is 0 Å². The molecule has 1 amide bonds. The number of rotatable bonds is 9. The van der Waals surface area contributed by atoms with E-state index in [0.29, 0.717) is 30.4 Å². The van der Waals surface area contributed by atoms with Gasteiger partial charge in [0, 0.05) is 35.8 Å². The monoisotopic (exact) mass is 455 g/mol. The van der Waals surface area contributed by atoms with Gasteiger partial charge in [-0.1, -0.05) is 6.07 Å². The van der Waals surface area contributed by atoms with Crippen LogP contribution >= 0.6 is 11.3 Å². The van der Waals surface area contributed by atoms with Crippen molar-refractivity contribution in [3.8, 4) is 0 Å². The lowest BCUT2D eigenvalue weighted by atomic mass is 9.96. The third-order valence-electron chi connectivity index (χ3n) is 6.43. The molecule has 3 aromatic heterocycles. The number of carbonyl (C=O) groups is 1. The highest BCUT2D eigenvalue weighted by molar-refractivity contribution is 7.09. The Bertz CT molecular complexity index is 1040. The zero-order valence-electron chi connectivity index (χ0n) is 19.0. The van der Waals surface area contributed by atoms with Crippen LogP contribution < -0.4 is 11.1 Å². The summed E-state index contributed by atoms with van der Waals surface area (Å²) < 4.78 is 1.73. The number of aryl methyl sites for hydroxylation is 2. The molecule has 3 aromatic rings. The van der Waals surface area contributed by atoms with Crippen LogP contribution in [0.25, 0.3) is 5.78 Å². The van der Waals surface area contributed by atoms with Crippen LogP contribution in [0.2, 0.25) is 0 Å². The number of amides is 1. The first-order valence-electron chi connectivity index (χ1n) is 11.5. The van der Waals surface area contributed by atoms with E-state index in [1.54, 1.807) is 4.52 Å². The molecule has 0 aliphatic carbocycles. The smallest absolute Gasteiger partial charge is 0.252 e. The minimum atomic E-state index is 0.102. The highest BCUT2D eigenvalue weighted by Crippen LogP contribution is 2.19. The Labute approximate surface area is 193 Å². The summed E-state index contributed by atoms with van der Waals surface area (Å²) in [5.74, 6) is 1.82. The van der Waals surface area contributed by atoms with Crippen LogP contribution in [0, 0.1) is 19.8 Å². The van der Waals surface area contributed by atoms with Crippen LogP contribution in [-0.4, -0.2) is 56.6 Å². The molecule has 0 spiro atoms. The molecule has 1 saturated heterocycles. The van der Waals surface area contributed by atoms with Crippen molar-refractivity contribution in [1.29, 1.82) is 0 Å². The summed E-state index contributed by atoms with van der Waals surface area (Å²) in [5, 5.41) is 9.71. The van der Waals surface area contributed by atoms with Crippen molar-refractivity contribution >= 4 is 23.0 Å². The van der Waals surface area contributed by atoms with Gasteiger partial charge in [-0.15, -0.1) is 16.4 Å². The van der Waals surface area contributed by atoms with Gasteiger partial charge in [0.25, 0.3) is 5.78 Å². The van der Waals surface area contributed by atoms with E-state index < -0.39 is 0 Å². The fourth-order valence-corrected chi connectivity index (χ4v) is 5.12. The fourth-order valence-electron chi connectivity index (χ4n) is 4.42. The summed E-state index contributed by atoms with van der Waals surface area (Å²) in [6.45, 7) is 8.40. The van der Waals surface area contributed by atoms with Crippen molar-refractivity contribution in [1.82, 2.24) is 29.8 Å². The standard InChI is InChI=1S/C23H33N7OS/c1-16-20(17(2)30-23(26-16)27-21(14-24)28-30)5-6-22(31)25-15-18-7-10-29(11-8-18)12-9-19-4-3-13-32-19/h3-4,13,18H,5-12,14-15,24H2,1-2H3,(H,25,31). The second kappa shape index (κ2) is 10.5. The van der Waals surface area contributed by atoms with Gasteiger partial charge in [0.15, 0.2) is 5.82 Å². The first-order valence-corrected chi connectivity index (χ1v) is 12.3. The second-order valence-corrected chi connectivity index (χ2v) is 9.66. The number of hydrogen-bond donors (Lipinski definition) is 2. The van der Waals surface area contributed by atoms with E-state index in [-0.39, 0.29) is 12.5 Å². The molecule has 0 aromatic carbocycles. The van der Waals surface area contributed by atoms with Gasteiger partial charge < -0.3 is 16.0 Å². The number of hydrogen-bond acceptors (Lipinski definition) is 7. The lowest BCUT2D eigenvalue weighted by Gasteiger charge is -2.31. The van der Waals surface area contributed by atoms with E-state index in [1.165, 1.54) is 4.88 Å². The van der Waals surface area contributed by atoms with Gasteiger partial charge in [0.1, 0.15) is 0 Å². The highest BCUT2D eigenvalue weighted by atomic mass is 32.1. The van der Waals surface area contributed by atoms with E-state index in [4.69, 9.17) is 5.73 Å². The Balaban J connectivity index is 1.20. The molecule has 0 radical (unpaired) electrons. The molecule has 4 rings (SSSR count). The molecule has 8 nitrogen and oxygen atoms in total. The van der Waals surface area contributed by atoms with Gasteiger partial charge in [0.2, 0.25) is 5.91 Å². The molecule has 3 N–H and O–H groups in total. The second-order valence-electron chi connectivity index (χ2n) is 8.62. The van der Waals surface area contributed by atoms with Crippen molar-refractivity contribution in [2.75, 3.05) is 26.2 Å². The van der Waals surface area contributed by atoms with Crippen molar-refractivity contribution in [3.63, 3.8) is 0 Å².